The summed E-state index contributed by atoms with van der Waals surface area (Å²) in [4.78, 5) is 4.58. The van der Waals surface area contributed by atoms with E-state index in [1.165, 1.54) is 55.4 Å². The molecule has 1 aromatic rings. The summed E-state index contributed by atoms with van der Waals surface area (Å²) in [6, 6.07) is 4.46. The molecule has 0 aromatic carbocycles. The molecule has 1 aliphatic rings. The van der Waals surface area contributed by atoms with Crippen LogP contribution in [0.4, 0.5) is 0 Å². The smallest absolute Gasteiger partial charge is 0.0711 e. The largest absolute Gasteiger partial charge is 0.308 e. The number of nitrogens with zero attached hydrogens (tertiary/aromatic N) is 1. The van der Waals surface area contributed by atoms with Crippen molar-refractivity contribution in [1.29, 1.82) is 0 Å². The van der Waals surface area contributed by atoms with Crippen LogP contribution in [0.1, 0.15) is 55.8 Å². The zero-order valence-electron chi connectivity index (χ0n) is 11.6. The topological polar surface area (TPSA) is 24.9 Å². The molecule has 1 unspecified atom stereocenters. The van der Waals surface area contributed by atoms with Gasteiger partial charge in [-0.1, -0.05) is 30.6 Å². The van der Waals surface area contributed by atoms with Crippen molar-refractivity contribution in [1.82, 2.24) is 10.3 Å². The summed E-state index contributed by atoms with van der Waals surface area (Å²) in [6.45, 7) is 2.15. The predicted molar refractivity (Wildman–Crippen MR) is 76.6 cm³/mol. The van der Waals surface area contributed by atoms with Crippen molar-refractivity contribution in [2.45, 2.75) is 51.5 Å². The van der Waals surface area contributed by atoms with E-state index in [1.807, 2.05) is 19.3 Å². The molecule has 0 aliphatic heterocycles. The van der Waals surface area contributed by atoms with Crippen LogP contribution >= 0.6 is 0 Å². The molecule has 1 N–H and O–H groups in total. The molecule has 0 amide bonds. The van der Waals surface area contributed by atoms with Gasteiger partial charge >= 0.3 is 0 Å². The quantitative estimate of drug-likeness (QED) is 0.815. The van der Waals surface area contributed by atoms with Gasteiger partial charge in [-0.15, -0.1) is 0 Å². The van der Waals surface area contributed by atoms with Gasteiger partial charge < -0.3 is 5.32 Å². The van der Waals surface area contributed by atoms with Gasteiger partial charge in [0.15, 0.2) is 0 Å². The maximum absolute atomic E-state index is 4.58. The Hall–Kier alpha value is -1.15. The van der Waals surface area contributed by atoms with Gasteiger partial charge in [0.05, 0.1) is 11.7 Å². The van der Waals surface area contributed by atoms with Gasteiger partial charge in [0.2, 0.25) is 0 Å². The summed E-state index contributed by atoms with van der Waals surface area (Å²) < 4.78 is 0. The van der Waals surface area contributed by atoms with Gasteiger partial charge in [-0.05, 0) is 51.3 Å². The molecule has 0 fully saturated rings. The van der Waals surface area contributed by atoms with E-state index < -0.39 is 0 Å². The molecule has 0 saturated carbocycles. The van der Waals surface area contributed by atoms with E-state index in [4.69, 9.17) is 0 Å². The average Bonchev–Trinajstić information content (AvgIpc) is 2.34. The fourth-order valence-corrected chi connectivity index (χ4v) is 2.78. The molecule has 18 heavy (non-hydrogen) atoms. The molecule has 98 valence electrons. The first-order chi connectivity index (χ1) is 8.83. The standard InChI is InChI=1S/C16H24N2/c1-13-9-8-12-18-15(13)16(17-2)14-10-6-4-3-5-7-11-14/h8-10,12,16-17H,3-7,11H2,1-2H3/b14-10+. The number of hydrogen-bond acceptors (Lipinski definition) is 2. The molecule has 1 heterocycles. The van der Waals surface area contributed by atoms with Gasteiger partial charge in [0.1, 0.15) is 0 Å². The summed E-state index contributed by atoms with van der Waals surface area (Å²) in [5.41, 5.74) is 3.99. The number of aryl methyl sites for hydroxylation is 1. The maximum atomic E-state index is 4.58. The molecular weight excluding hydrogens is 220 g/mol. The van der Waals surface area contributed by atoms with Gasteiger partial charge in [-0.2, -0.15) is 0 Å². The van der Waals surface area contributed by atoms with Crippen molar-refractivity contribution in [3.8, 4) is 0 Å². The summed E-state index contributed by atoms with van der Waals surface area (Å²) in [6.07, 6.45) is 12.2. The molecular formula is C16H24N2. The summed E-state index contributed by atoms with van der Waals surface area (Å²) in [7, 11) is 2.04. The molecule has 2 rings (SSSR count). The molecule has 0 radical (unpaired) electrons. The third-order valence-corrected chi connectivity index (χ3v) is 3.81. The lowest BCUT2D eigenvalue weighted by Gasteiger charge is -2.22. The fraction of sp³-hybridized carbons (Fsp3) is 0.562. The van der Waals surface area contributed by atoms with Gasteiger partial charge in [-0.25, -0.2) is 0 Å². The molecule has 0 spiro atoms. The number of likely N-dealkylation sites (N-methyl/N-ethyl adjacent to an activating group) is 1. The van der Waals surface area contributed by atoms with Crippen LogP contribution in [0.15, 0.2) is 30.0 Å². The molecule has 2 nitrogen and oxygen atoms in total. The molecule has 1 atom stereocenters. The summed E-state index contributed by atoms with van der Waals surface area (Å²) >= 11 is 0. The maximum Gasteiger partial charge on any atom is 0.0711 e. The molecule has 0 saturated heterocycles. The Morgan fingerprint density at radius 2 is 2.06 bits per heavy atom. The minimum Gasteiger partial charge on any atom is -0.308 e. The van der Waals surface area contributed by atoms with E-state index >= 15 is 0 Å². The third kappa shape index (κ3) is 3.20. The number of nitrogens with one attached hydrogen (secondary N) is 1. The van der Waals surface area contributed by atoms with Crippen molar-refractivity contribution >= 4 is 0 Å². The van der Waals surface area contributed by atoms with Crippen LogP contribution in [0.2, 0.25) is 0 Å². The molecule has 2 heteroatoms. The van der Waals surface area contributed by atoms with Crippen LogP contribution in [0.25, 0.3) is 0 Å². The summed E-state index contributed by atoms with van der Waals surface area (Å²) in [5.74, 6) is 0. The van der Waals surface area contributed by atoms with E-state index in [2.05, 4.69) is 29.4 Å². The van der Waals surface area contributed by atoms with Crippen molar-refractivity contribution < 1.29 is 0 Å². The van der Waals surface area contributed by atoms with E-state index in [-0.39, 0.29) is 0 Å². The van der Waals surface area contributed by atoms with Gasteiger partial charge in [-0.3, -0.25) is 4.98 Å². The van der Waals surface area contributed by atoms with Crippen LogP contribution in [-0.4, -0.2) is 12.0 Å². The second kappa shape index (κ2) is 6.69. The normalized spacial score (nSPS) is 21.6. The second-order valence-corrected chi connectivity index (χ2v) is 5.16. The van der Waals surface area contributed by atoms with Crippen LogP contribution in [-0.2, 0) is 0 Å². The van der Waals surface area contributed by atoms with E-state index in [0.717, 1.165) is 0 Å². The minimum atomic E-state index is 0.296. The molecule has 0 bridgehead atoms. The van der Waals surface area contributed by atoms with Crippen LogP contribution in [0, 0.1) is 6.92 Å². The van der Waals surface area contributed by atoms with Crippen molar-refractivity contribution in [3.05, 3.63) is 41.2 Å². The highest BCUT2D eigenvalue weighted by Gasteiger charge is 2.18. The van der Waals surface area contributed by atoms with Crippen LogP contribution in [0.3, 0.4) is 0 Å². The van der Waals surface area contributed by atoms with E-state index in [0.29, 0.717) is 6.04 Å². The second-order valence-electron chi connectivity index (χ2n) is 5.16. The lowest BCUT2D eigenvalue weighted by molar-refractivity contribution is 0.565. The molecule has 1 aromatic heterocycles. The third-order valence-electron chi connectivity index (χ3n) is 3.81. The van der Waals surface area contributed by atoms with Crippen LogP contribution < -0.4 is 5.32 Å². The highest BCUT2D eigenvalue weighted by Crippen LogP contribution is 2.28. The monoisotopic (exact) mass is 244 g/mol. The number of rotatable bonds is 3. The Balaban J connectivity index is 2.24. The minimum absolute atomic E-state index is 0.296. The Morgan fingerprint density at radius 3 is 2.83 bits per heavy atom. The zero-order valence-corrected chi connectivity index (χ0v) is 11.6. The van der Waals surface area contributed by atoms with Gasteiger partial charge in [0.25, 0.3) is 0 Å². The number of hydrogen-bond donors (Lipinski definition) is 1. The van der Waals surface area contributed by atoms with Crippen molar-refractivity contribution in [2.75, 3.05) is 7.05 Å². The average molecular weight is 244 g/mol. The fourth-order valence-electron chi connectivity index (χ4n) is 2.78. The Kier molecular flexibility index (Phi) is 4.94. The zero-order chi connectivity index (χ0) is 12.8. The number of aromatic nitrogens is 1. The Bertz CT molecular complexity index is 409. The van der Waals surface area contributed by atoms with Crippen molar-refractivity contribution in [2.24, 2.45) is 0 Å². The Labute approximate surface area is 111 Å². The first-order valence-corrected chi connectivity index (χ1v) is 7.10. The molecule has 1 aliphatic carbocycles. The number of allylic oxidation sites excluding steroid dienone is 1. The van der Waals surface area contributed by atoms with Gasteiger partial charge in [0, 0.05) is 6.20 Å². The first kappa shape index (κ1) is 13.3. The number of pyridine rings is 1. The van der Waals surface area contributed by atoms with Crippen LogP contribution in [0.5, 0.6) is 0 Å². The predicted octanol–water partition coefficient (Wildman–Crippen LogP) is 3.93. The highest BCUT2D eigenvalue weighted by molar-refractivity contribution is 5.29. The Morgan fingerprint density at radius 1 is 1.22 bits per heavy atom. The lowest BCUT2D eigenvalue weighted by atomic mass is 9.92. The van der Waals surface area contributed by atoms with E-state index in [9.17, 15) is 0 Å². The lowest BCUT2D eigenvalue weighted by Crippen LogP contribution is -2.21. The van der Waals surface area contributed by atoms with E-state index in [1.54, 1.807) is 0 Å². The first-order valence-electron chi connectivity index (χ1n) is 7.10. The van der Waals surface area contributed by atoms with Crippen molar-refractivity contribution in [3.63, 3.8) is 0 Å². The highest BCUT2D eigenvalue weighted by atomic mass is 14.9. The summed E-state index contributed by atoms with van der Waals surface area (Å²) in [5, 5.41) is 3.45. The SMILES string of the molecule is CNC(/C1=C/CCCCCC1)c1ncccc1C.